The Kier molecular flexibility index (Phi) is 8.95. The molecule has 1 unspecified atom stereocenters. The number of nitrogens with zero attached hydrogens (tertiary/aromatic N) is 1. The van der Waals surface area contributed by atoms with Gasteiger partial charge in [0.2, 0.25) is 15.9 Å². The van der Waals surface area contributed by atoms with Crippen molar-refractivity contribution in [3.63, 3.8) is 0 Å². The van der Waals surface area contributed by atoms with Crippen LogP contribution in [0.25, 0.3) is 21.3 Å². The number of thiazole rings is 1. The number of fused-ring (bicyclic) bond motifs is 1. The van der Waals surface area contributed by atoms with Crippen LogP contribution in [0.15, 0.2) is 42.5 Å². The van der Waals surface area contributed by atoms with Crippen LogP contribution in [0.2, 0.25) is 0 Å². The van der Waals surface area contributed by atoms with Crippen molar-refractivity contribution >= 4 is 53.1 Å². The number of hydrogen-bond donors (Lipinski definition) is 3. The number of aliphatic hydroxyl groups is 1. The summed E-state index contributed by atoms with van der Waals surface area (Å²) in [6.07, 6.45) is 2.49. The summed E-state index contributed by atoms with van der Waals surface area (Å²) >= 11 is 1.06. The number of Topliss-reactive ketones (excluding diaryl/α,β-unsaturated/α-hetero) is 1. The van der Waals surface area contributed by atoms with Gasteiger partial charge in [-0.1, -0.05) is 30.3 Å². The molecule has 1 heterocycles. The van der Waals surface area contributed by atoms with Crippen LogP contribution in [-0.2, 0) is 24.7 Å². The largest absolute Gasteiger partial charge is 0.396 e. The van der Waals surface area contributed by atoms with Gasteiger partial charge in [0, 0.05) is 31.4 Å². The van der Waals surface area contributed by atoms with E-state index in [0.29, 0.717) is 35.0 Å². The van der Waals surface area contributed by atoms with E-state index in [1.807, 2.05) is 24.3 Å². The Labute approximate surface area is 213 Å². The van der Waals surface area contributed by atoms with Crippen molar-refractivity contribution in [2.75, 3.05) is 25.2 Å². The highest BCUT2D eigenvalue weighted by Gasteiger charge is 2.34. The van der Waals surface area contributed by atoms with Crippen LogP contribution in [-0.4, -0.2) is 63.8 Å². The van der Waals surface area contributed by atoms with E-state index in [2.05, 4.69) is 10.3 Å². The number of sulfonamides is 1. The number of sulfone groups is 1. The number of carbonyl (C=O) groups is 2. The van der Waals surface area contributed by atoms with E-state index in [0.717, 1.165) is 28.7 Å². The zero-order valence-corrected chi connectivity index (χ0v) is 22.0. The molecule has 3 aromatic rings. The highest BCUT2D eigenvalue weighted by Crippen LogP contribution is 2.33. The van der Waals surface area contributed by atoms with Crippen LogP contribution < -0.4 is 10.5 Å². The van der Waals surface area contributed by atoms with Gasteiger partial charge in [0.05, 0.1) is 16.0 Å². The van der Waals surface area contributed by atoms with E-state index in [4.69, 9.17) is 10.2 Å². The molecule has 0 spiro atoms. The zero-order valence-electron chi connectivity index (χ0n) is 19.5. The lowest BCUT2D eigenvalue weighted by molar-refractivity contribution is -0.120. The number of carbonyl (C=O) groups excluding carboxylic acids is 2. The maximum atomic E-state index is 12.6. The number of nitrogens with two attached hydrogens (primary N) is 1. The molecule has 0 aliphatic rings. The number of amides is 1. The minimum absolute atomic E-state index is 0.00621. The van der Waals surface area contributed by atoms with Crippen molar-refractivity contribution in [2.24, 2.45) is 5.14 Å². The van der Waals surface area contributed by atoms with E-state index in [9.17, 15) is 26.4 Å². The molecule has 36 heavy (non-hydrogen) atoms. The smallest absolute Gasteiger partial charge is 0.245 e. The van der Waals surface area contributed by atoms with Crippen LogP contribution in [0, 0.1) is 0 Å². The van der Waals surface area contributed by atoms with Crippen LogP contribution in [0.3, 0.4) is 0 Å². The molecule has 0 radical (unpaired) electrons. The van der Waals surface area contributed by atoms with E-state index in [-0.39, 0.29) is 23.9 Å². The number of aromatic nitrogens is 1. The number of ketones is 1. The topological polar surface area (TPSA) is 174 Å². The Balaban J connectivity index is 1.83. The molecule has 1 atom stereocenters. The maximum absolute atomic E-state index is 12.6. The molecule has 13 heteroatoms. The van der Waals surface area contributed by atoms with Gasteiger partial charge in [0.25, 0.3) is 0 Å². The normalized spacial score (nSPS) is 13.0. The predicted molar refractivity (Wildman–Crippen MR) is 139 cm³/mol. The van der Waals surface area contributed by atoms with E-state index >= 15 is 0 Å². The average molecular weight is 554 g/mol. The molecule has 10 nitrogen and oxygen atoms in total. The molecule has 2 aromatic carbocycles. The third-order valence-electron chi connectivity index (χ3n) is 5.33. The second-order valence-corrected chi connectivity index (χ2v) is 13.2. The lowest BCUT2D eigenvalue weighted by Crippen LogP contribution is -2.37. The minimum Gasteiger partial charge on any atom is -0.396 e. The standard InChI is InChI=1S/C23H27N3O7S3/c1-35(30,31)21(22(29)25-11-13-36(24,32)33)23-26-18-10-9-17(14-20(18)34-23)15-5-7-16(8-6-15)19(28)4-2-3-12-27/h5-10,14,21,27H,2-4,11-13H2,1H3,(H,25,29)(H2,24,32,33). The summed E-state index contributed by atoms with van der Waals surface area (Å²) in [4.78, 5) is 29.2. The fourth-order valence-corrected chi connectivity index (χ4v) is 6.46. The highest BCUT2D eigenvalue weighted by atomic mass is 32.2. The van der Waals surface area contributed by atoms with Gasteiger partial charge in [-0.25, -0.2) is 27.0 Å². The van der Waals surface area contributed by atoms with Crippen molar-refractivity contribution in [2.45, 2.75) is 24.5 Å². The highest BCUT2D eigenvalue weighted by molar-refractivity contribution is 7.91. The molecule has 0 saturated heterocycles. The molecular formula is C23H27N3O7S3. The zero-order chi connectivity index (χ0) is 26.5. The number of primary sulfonamides is 1. The summed E-state index contributed by atoms with van der Waals surface area (Å²) in [6.45, 7) is -0.263. The van der Waals surface area contributed by atoms with Gasteiger partial charge in [-0.2, -0.15) is 0 Å². The molecule has 194 valence electrons. The molecule has 0 saturated carbocycles. The third-order valence-corrected chi connectivity index (χ3v) is 8.63. The molecular weight excluding hydrogens is 526 g/mol. The number of aliphatic hydroxyl groups excluding tert-OH is 1. The van der Waals surface area contributed by atoms with E-state index in [1.54, 1.807) is 18.2 Å². The fourth-order valence-electron chi connectivity index (χ4n) is 3.52. The monoisotopic (exact) mass is 553 g/mol. The third kappa shape index (κ3) is 7.40. The molecule has 0 fully saturated rings. The number of nitrogens with one attached hydrogen (secondary N) is 1. The molecule has 0 bridgehead atoms. The average Bonchev–Trinajstić information content (AvgIpc) is 3.19. The summed E-state index contributed by atoms with van der Waals surface area (Å²) in [5.74, 6) is -1.39. The molecule has 3 rings (SSSR count). The molecule has 0 aliphatic heterocycles. The first-order valence-electron chi connectivity index (χ1n) is 11.0. The van der Waals surface area contributed by atoms with Gasteiger partial charge in [-0.05, 0) is 36.1 Å². The lowest BCUT2D eigenvalue weighted by atomic mass is 10.0. The van der Waals surface area contributed by atoms with Crippen LogP contribution in [0.5, 0.6) is 0 Å². The first kappa shape index (κ1) is 27.9. The minimum atomic E-state index is -3.91. The summed E-state index contributed by atoms with van der Waals surface area (Å²) in [7, 11) is -7.72. The van der Waals surface area contributed by atoms with Crippen LogP contribution in [0.1, 0.15) is 39.9 Å². The number of rotatable bonds is 12. The van der Waals surface area contributed by atoms with Gasteiger partial charge < -0.3 is 10.4 Å². The SMILES string of the molecule is CS(=O)(=O)C(C(=O)NCCS(N)(=O)=O)c1nc2ccc(-c3ccc(C(=O)CCCCO)cc3)cc2s1. The van der Waals surface area contributed by atoms with Gasteiger partial charge in [-0.15, -0.1) is 11.3 Å². The summed E-state index contributed by atoms with van der Waals surface area (Å²) < 4.78 is 47.6. The molecule has 1 amide bonds. The maximum Gasteiger partial charge on any atom is 0.245 e. The van der Waals surface area contributed by atoms with Gasteiger partial charge >= 0.3 is 0 Å². The number of benzene rings is 2. The van der Waals surface area contributed by atoms with Gasteiger partial charge in [0.1, 0.15) is 5.01 Å². The fraction of sp³-hybridized carbons (Fsp3) is 0.348. The molecule has 0 aliphatic carbocycles. The molecule has 4 N–H and O–H groups in total. The van der Waals surface area contributed by atoms with Crippen LogP contribution >= 0.6 is 11.3 Å². The predicted octanol–water partition coefficient (Wildman–Crippen LogP) is 1.80. The van der Waals surface area contributed by atoms with E-state index < -0.39 is 36.8 Å². The summed E-state index contributed by atoms with van der Waals surface area (Å²) in [6, 6.07) is 12.5. The van der Waals surface area contributed by atoms with Crippen molar-refractivity contribution in [1.82, 2.24) is 10.3 Å². The first-order chi connectivity index (χ1) is 16.9. The number of hydrogen-bond acceptors (Lipinski definition) is 9. The van der Waals surface area contributed by atoms with Gasteiger partial charge in [0.15, 0.2) is 20.9 Å². The lowest BCUT2D eigenvalue weighted by Gasteiger charge is -2.12. The quantitative estimate of drug-likeness (QED) is 0.225. The summed E-state index contributed by atoms with van der Waals surface area (Å²) in [5, 5.41) is 14.6. The van der Waals surface area contributed by atoms with Crippen molar-refractivity contribution in [3.05, 3.63) is 53.0 Å². The van der Waals surface area contributed by atoms with Crippen molar-refractivity contribution < 1.29 is 31.5 Å². The van der Waals surface area contributed by atoms with Gasteiger partial charge in [-0.3, -0.25) is 9.59 Å². The Hall–Kier alpha value is -2.71. The van der Waals surface area contributed by atoms with Crippen molar-refractivity contribution in [3.8, 4) is 11.1 Å². The Morgan fingerprint density at radius 1 is 1.06 bits per heavy atom. The Morgan fingerprint density at radius 2 is 1.72 bits per heavy atom. The second-order valence-electron chi connectivity index (χ2n) is 8.28. The summed E-state index contributed by atoms with van der Waals surface area (Å²) in [5.41, 5.74) is 2.77. The number of unbranched alkanes of at least 4 members (excludes halogenated alkanes) is 1. The first-order valence-corrected chi connectivity index (χ1v) is 15.5. The Morgan fingerprint density at radius 3 is 2.33 bits per heavy atom. The van der Waals surface area contributed by atoms with Crippen LogP contribution in [0.4, 0.5) is 0 Å². The van der Waals surface area contributed by atoms with E-state index in [1.165, 1.54) is 0 Å². The Bertz CT molecular complexity index is 1460. The second kappa shape index (κ2) is 11.6. The molecule has 1 aromatic heterocycles. The van der Waals surface area contributed by atoms with Crippen molar-refractivity contribution in [1.29, 1.82) is 0 Å².